The Bertz CT molecular complexity index is 1010. The predicted octanol–water partition coefficient (Wildman–Crippen LogP) is 4.71. The summed E-state index contributed by atoms with van der Waals surface area (Å²) in [5.41, 5.74) is 0.288. The maximum Gasteiger partial charge on any atom is 0.259 e. The quantitative estimate of drug-likeness (QED) is 0.420. The third-order valence-electron chi connectivity index (χ3n) is 4.12. The number of benzene rings is 2. The van der Waals surface area contributed by atoms with E-state index in [4.69, 9.17) is 42.1 Å². The first-order chi connectivity index (χ1) is 14.8. The van der Waals surface area contributed by atoms with Crippen LogP contribution >= 0.6 is 23.2 Å². The molecular weight excluding hydrogens is 449 g/mol. The average Bonchev–Trinajstić information content (AvgIpc) is 2.74. The second-order valence-corrected chi connectivity index (χ2v) is 6.82. The third-order valence-corrected chi connectivity index (χ3v) is 4.72. The zero-order valence-corrected chi connectivity index (χ0v) is 19.0. The number of nitrogens with one attached hydrogen (secondary N) is 1. The van der Waals surface area contributed by atoms with Gasteiger partial charge in [0, 0.05) is 0 Å². The van der Waals surface area contributed by atoms with Gasteiger partial charge < -0.3 is 24.3 Å². The molecule has 0 heterocycles. The van der Waals surface area contributed by atoms with E-state index in [0.29, 0.717) is 5.75 Å². The largest absolute Gasteiger partial charge is 0.494 e. The molecule has 0 spiro atoms. The number of rotatable bonds is 9. The van der Waals surface area contributed by atoms with Gasteiger partial charge in [-0.2, -0.15) is 5.11 Å². The minimum atomic E-state index is -1.48. The van der Waals surface area contributed by atoms with E-state index in [1.54, 1.807) is 24.3 Å². The maximum atomic E-state index is 12.9. The Labute approximate surface area is 189 Å². The molecule has 0 aromatic heterocycles. The first-order valence-electron chi connectivity index (χ1n) is 8.82. The number of azo groups is 1. The number of ether oxygens (including phenoxy) is 4. The van der Waals surface area contributed by atoms with Crippen LogP contribution in [0.5, 0.6) is 23.0 Å². The van der Waals surface area contributed by atoms with Crippen LogP contribution in [0, 0.1) is 0 Å². The summed E-state index contributed by atoms with van der Waals surface area (Å²) in [6, 6.07) is 4.73. The lowest BCUT2D eigenvalue weighted by Gasteiger charge is -2.16. The second-order valence-electron chi connectivity index (χ2n) is 6.01. The van der Waals surface area contributed by atoms with Crippen LogP contribution in [0.1, 0.15) is 6.92 Å². The molecule has 0 fully saturated rings. The fourth-order valence-electron chi connectivity index (χ4n) is 2.63. The minimum Gasteiger partial charge on any atom is -0.494 e. The predicted molar refractivity (Wildman–Crippen MR) is 117 cm³/mol. The first kappa shape index (κ1) is 24.2. The molecule has 0 aliphatic carbocycles. The number of halogens is 2. The fraction of sp³-hybridized carbons (Fsp3) is 0.300. The minimum absolute atomic E-state index is 0.134. The Morgan fingerprint density at radius 1 is 0.871 bits per heavy atom. The van der Waals surface area contributed by atoms with Crippen LogP contribution in [0.2, 0.25) is 10.0 Å². The van der Waals surface area contributed by atoms with Gasteiger partial charge in [-0.3, -0.25) is 9.59 Å². The van der Waals surface area contributed by atoms with Gasteiger partial charge in [-0.15, -0.1) is 5.11 Å². The van der Waals surface area contributed by atoms with E-state index in [1.165, 1.54) is 35.4 Å². The van der Waals surface area contributed by atoms with Crippen LogP contribution in [0.4, 0.5) is 11.4 Å². The number of methoxy groups -OCH3 is 4. The van der Waals surface area contributed by atoms with Crippen molar-refractivity contribution < 1.29 is 28.5 Å². The smallest absolute Gasteiger partial charge is 0.259 e. The number of Topliss-reactive ketones (excluding diaryl/α,β-unsaturated/α-hetero) is 1. The molecule has 0 saturated carbocycles. The number of hydrogen-bond acceptors (Lipinski definition) is 8. The van der Waals surface area contributed by atoms with Crippen molar-refractivity contribution >= 4 is 46.3 Å². The average molecular weight is 470 g/mol. The van der Waals surface area contributed by atoms with E-state index in [0.717, 1.165) is 0 Å². The van der Waals surface area contributed by atoms with Crippen LogP contribution in [0.3, 0.4) is 0 Å². The lowest BCUT2D eigenvalue weighted by atomic mass is 10.2. The molecule has 2 aromatic rings. The first-order valence-corrected chi connectivity index (χ1v) is 9.57. The summed E-state index contributed by atoms with van der Waals surface area (Å²) in [6.07, 6.45) is 0. The zero-order valence-electron chi connectivity index (χ0n) is 17.5. The molecule has 1 N–H and O–H groups in total. The zero-order chi connectivity index (χ0) is 23.1. The van der Waals surface area contributed by atoms with Crippen molar-refractivity contribution in [2.24, 2.45) is 10.2 Å². The molecule has 9 nitrogen and oxygen atoms in total. The Balaban J connectivity index is 2.44. The molecule has 1 atom stereocenters. The SMILES string of the molecule is COc1ccc(Cl)c(OC)c1N=NC(C(C)=O)C(=O)Nc1c(OC)ccc(Cl)c1OC. The molecule has 0 aliphatic heterocycles. The van der Waals surface area contributed by atoms with Crippen LogP contribution in [0.25, 0.3) is 0 Å². The topological polar surface area (TPSA) is 108 Å². The third kappa shape index (κ3) is 5.36. The van der Waals surface area contributed by atoms with Crippen molar-refractivity contribution in [3.8, 4) is 23.0 Å². The van der Waals surface area contributed by atoms with Gasteiger partial charge in [0.15, 0.2) is 23.0 Å². The number of anilines is 1. The van der Waals surface area contributed by atoms with E-state index in [2.05, 4.69) is 15.5 Å². The summed E-state index contributed by atoms with van der Waals surface area (Å²) in [4.78, 5) is 25.0. The van der Waals surface area contributed by atoms with Crippen LogP contribution in [-0.2, 0) is 9.59 Å². The van der Waals surface area contributed by atoms with Gasteiger partial charge in [0.1, 0.15) is 17.2 Å². The van der Waals surface area contributed by atoms with E-state index >= 15 is 0 Å². The molecule has 1 amide bonds. The molecule has 0 radical (unpaired) electrons. The number of carbonyl (C=O) groups excluding carboxylic acids is 2. The molecule has 166 valence electrons. The highest BCUT2D eigenvalue weighted by Crippen LogP contribution is 2.43. The summed E-state index contributed by atoms with van der Waals surface area (Å²) in [7, 11) is 5.62. The number of ketones is 1. The normalized spacial score (nSPS) is 11.7. The number of carbonyl (C=O) groups is 2. The van der Waals surface area contributed by atoms with Crippen molar-refractivity contribution in [2.75, 3.05) is 33.8 Å². The number of nitrogens with zero attached hydrogens (tertiary/aromatic N) is 2. The molecule has 0 aliphatic rings. The van der Waals surface area contributed by atoms with Crippen LogP contribution in [-0.4, -0.2) is 46.2 Å². The van der Waals surface area contributed by atoms with Crippen molar-refractivity contribution in [3.05, 3.63) is 34.3 Å². The maximum absolute atomic E-state index is 12.9. The standard InChI is InChI=1S/C20H21Cl2N3O6/c1-10(26)15(24-25-17-14(29-3)9-7-12(22)19(17)31-5)20(27)23-16-13(28-2)8-6-11(21)18(16)30-4/h6-9,15H,1-5H3,(H,23,27). The fourth-order valence-corrected chi connectivity index (χ4v) is 3.10. The van der Waals surface area contributed by atoms with Gasteiger partial charge in [-0.25, -0.2) is 0 Å². The van der Waals surface area contributed by atoms with Gasteiger partial charge in [0.25, 0.3) is 5.91 Å². The van der Waals surface area contributed by atoms with E-state index in [9.17, 15) is 9.59 Å². The molecule has 2 rings (SSSR count). The monoisotopic (exact) mass is 469 g/mol. The van der Waals surface area contributed by atoms with Crippen LogP contribution < -0.4 is 24.3 Å². The molecule has 31 heavy (non-hydrogen) atoms. The van der Waals surface area contributed by atoms with E-state index < -0.39 is 17.7 Å². The van der Waals surface area contributed by atoms with Crippen molar-refractivity contribution in [1.82, 2.24) is 0 Å². The summed E-state index contributed by atoms with van der Waals surface area (Å²) in [5.74, 6) is -0.383. The van der Waals surface area contributed by atoms with E-state index in [-0.39, 0.29) is 38.7 Å². The highest BCUT2D eigenvalue weighted by molar-refractivity contribution is 6.33. The molecule has 0 saturated heterocycles. The Kier molecular flexibility index (Phi) is 8.47. The Morgan fingerprint density at radius 2 is 1.42 bits per heavy atom. The number of amides is 1. The van der Waals surface area contributed by atoms with Crippen LogP contribution in [0.15, 0.2) is 34.5 Å². The molecule has 2 aromatic carbocycles. The summed E-state index contributed by atoms with van der Waals surface area (Å²) >= 11 is 12.2. The molecule has 1 unspecified atom stereocenters. The van der Waals surface area contributed by atoms with Crippen molar-refractivity contribution in [3.63, 3.8) is 0 Å². The molecule has 11 heteroatoms. The van der Waals surface area contributed by atoms with Gasteiger partial charge in [0.05, 0.1) is 38.5 Å². The van der Waals surface area contributed by atoms with Crippen molar-refractivity contribution in [1.29, 1.82) is 0 Å². The van der Waals surface area contributed by atoms with Crippen molar-refractivity contribution in [2.45, 2.75) is 13.0 Å². The molecular formula is C20H21Cl2N3O6. The van der Waals surface area contributed by atoms with Gasteiger partial charge in [-0.05, 0) is 31.2 Å². The summed E-state index contributed by atoms with van der Waals surface area (Å²) < 4.78 is 21.0. The number of hydrogen-bond donors (Lipinski definition) is 1. The summed E-state index contributed by atoms with van der Waals surface area (Å²) in [6.45, 7) is 1.21. The lowest BCUT2D eigenvalue weighted by Crippen LogP contribution is -2.32. The summed E-state index contributed by atoms with van der Waals surface area (Å²) in [5, 5.41) is 11.0. The molecule has 0 bridgehead atoms. The Morgan fingerprint density at radius 3 is 1.94 bits per heavy atom. The van der Waals surface area contributed by atoms with Gasteiger partial charge in [-0.1, -0.05) is 23.2 Å². The van der Waals surface area contributed by atoms with Gasteiger partial charge in [0.2, 0.25) is 6.04 Å². The highest BCUT2D eigenvalue weighted by atomic mass is 35.5. The second kappa shape index (κ2) is 10.8. The lowest BCUT2D eigenvalue weighted by molar-refractivity contribution is -0.126. The Hall–Kier alpha value is -3.04. The highest BCUT2D eigenvalue weighted by Gasteiger charge is 2.27. The van der Waals surface area contributed by atoms with Gasteiger partial charge >= 0.3 is 0 Å². The van der Waals surface area contributed by atoms with E-state index in [1.807, 2.05) is 0 Å².